The number of aromatic carboxylic acids is 1. The Hall–Kier alpha value is -1.87. The van der Waals surface area contributed by atoms with E-state index < -0.39 is 16.0 Å². The first-order valence-electron chi connectivity index (χ1n) is 4.76. The molecule has 18 heavy (non-hydrogen) atoms. The van der Waals surface area contributed by atoms with Gasteiger partial charge in [0.2, 0.25) is 0 Å². The number of aryl methyl sites for hydroxylation is 1. The van der Waals surface area contributed by atoms with Gasteiger partial charge in [0.25, 0.3) is 10.0 Å². The van der Waals surface area contributed by atoms with Crippen molar-refractivity contribution in [2.75, 3.05) is 4.72 Å². The molecule has 0 aliphatic rings. The Bertz CT molecular complexity index is 686. The fraction of sp³-hybridized carbons (Fsp3) is 0.111. The third kappa shape index (κ3) is 2.51. The van der Waals surface area contributed by atoms with Crippen molar-refractivity contribution < 1.29 is 18.3 Å². The van der Waals surface area contributed by atoms with Gasteiger partial charge in [0.15, 0.2) is 5.82 Å². The molecule has 2 rings (SSSR count). The van der Waals surface area contributed by atoms with Crippen molar-refractivity contribution in [1.29, 1.82) is 0 Å². The molecule has 0 aliphatic heterocycles. The Morgan fingerprint density at radius 1 is 1.50 bits per heavy atom. The molecule has 0 fully saturated rings. The largest absolute Gasteiger partial charge is 0.477 e. The third-order valence-corrected chi connectivity index (χ3v) is 4.88. The number of rotatable bonds is 4. The summed E-state index contributed by atoms with van der Waals surface area (Å²) in [5.41, 5.74) is -0.185. The zero-order valence-corrected chi connectivity index (χ0v) is 10.8. The van der Waals surface area contributed by atoms with Crippen LogP contribution in [0.4, 0.5) is 5.82 Å². The molecule has 96 valence electrons. The van der Waals surface area contributed by atoms with E-state index in [2.05, 4.69) is 14.9 Å². The number of aromatic nitrogens is 2. The molecule has 2 heterocycles. The number of hydrogen-bond donors (Lipinski definition) is 3. The second kappa shape index (κ2) is 4.42. The van der Waals surface area contributed by atoms with Gasteiger partial charge in [-0.05, 0) is 19.1 Å². The number of thiophene rings is 1. The number of sulfonamides is 1. The Morgan fingerprint density at radius 3 is 2.72 bits per heavy atom. The first-order chi connectivity index (χ1) is 8.38. The Labute approximate surface area is 107 Å². The summed E-state index contributed by atoms with van der Waals surface area (Å²) in [4.78, 5) is 11.5. The Morgan fingerprint density at radius 2 is 2.22 bits per heavy atom. The Kier molecular flexibility index (Phi) is 3.09. The smallest absolute Gasteiger partial charge is 0.353 e. The maximum absolute atomic E-state index is 11.9. The summed E-state index contributed by atoms with van der Waals surface area (Å²) in [6, 6.07) is 4.28. The lowest BCUT2D eigenvalue weighted by atomic mass is 10.4. The van der Waals surface area contributed by atoms with Gasteiger partial charge < -0.3 is 5.11 Å². The van der Waals surface area contributed by atoms with Crippen LogP contribution in [0.1, 0.15) is 15.4 Å². The van der Waals surface area contributed by atoms with Crippen LogP contribution >= 0.6 is 11.3 Å². The third-order valence-electron chi connectivity index (χ3n) is 2.03. The number of nitrogens with one attached hydrogen (secondary N) is 2. The van der Waals surface area contributed by atoms with Crippen LogP contribution in [0.25, 0.3) is 0 Å². The standard InChI is InChI=1S/C9H9N3O4S2/c1-5-2-3-8(17-5)18(15,16)12-7-4-6(9(13)14)10-11-7/h2-4H,1H3,(H,13,14)(H2,10,11,12). The fourth-order valence-corrected chi connectivity index (χ4v) is 3.50. The molecule has 2 aromatic rings. The minimum atomic E-state index is -3.71. The summed E-state index contributed by atoms with van der Waals surface area (Å²) in [6.45, 7) is 1.79. The molecule has 0 aliphatic carbocycles. The molecule has 3 N–H and O–H groups in total. The summed E-state index contributed by atoms with van der Waals surface area (Å²) in [7, 11) is -3.71. The van der Waals surface area contributed by atoms with Gasteiger partial charge in [-0.15, -0.1) is 11.3 Å². The average Bonchev–Trinajstić information content (AvgIpc) is 2.86. The van der Waals surface area contributed by atoms with E-state index in [0.717, 1.165) is 22.3 Å². The minimum absolute atomic E-state index is 0.0570. The molecular formula is C9H9N3O4S2. The van der Waals surface area contributed by atoms with Crippen LogP contribution in [0, 0.1) is 6.92 Å². The van der Waals surface area contributed by atoms with Crippen LogP contribution in [-0.2, 0) is 10.0 Å². The van der Waals surface area contributed by atoms with Crippen molar-refractivity contribution in [1.82, 2.24) is 10.2 Å². The lowest BCUT2D eigenvalue weighted by Gasteiger charge is -2.01. The summed E-state index contributed by atoms with van der Waals surface area (Å²) in [5, 5.41) is 14.4. The van der Waals surface area contributed by atoms with Gasteiger partial charge in [0.1, 0.15) is 9.90 Å². The van der Waals surface area contributed by atoms with Crippen molar-refractivity contribution in [3.05, 3.63) is 28.8 Å². The second-order valence-corrected chi connectivity index (χ2v) is 6.64. The van der Waals surface area contributed by atoms with Gasteiger partial charge in [-0.2, -0.15) is 5.10 Å². The molecule has 7 nitrogen and oxygen atoms in total. The number of hydrogen-bond acceptors (Lipinski definition) is 5. The van der Waals surface area contributed by atoms with Gasteiger partial charge in [-0.3, -0.25) is 9.82 Å². The van der Waals surface area contributed by atoms with Gasteiger partial charge in [-0.1, -0.05) is 0 Å². The quantitative estimate of drug-likeness (QED) is 0.784. The summed E-state index contributed by atoms with van der Waals surface area (Å²) in [6.07, 6.45) is 0. The van der Waals surface area contributed by atoms with E-state index in [4.69, 9.17) is 5.11 Å². The normalized spacial score (nSPS) is 11.4. The molecule has 9 heteroatoms. The SMILES string of the molecule is Cc1ccc(S(=O)(=O)Nc2cc(C(=O)O)[nH]n2)s1. The highest BCUT2D eigenvalue weighted by atomic mass is 32.2. The van der Waals surface area contributed by atoms with E-state index in [1.54, 1.807) is 13.0 Å². The van der Waals surface area contributed by atoms with Crippen molar-refractivity contribution in [3.63, 3.8) is 0 Å². The molecule has 2 aromatic heterocycles. The second-order valence-electron chi connectivity index (χ2n) is 3.44. The molecule has 0 atom stereocenters. The summed E-state index contributed by atoms with van der Waals surface area (Å²) in [5.74, 6) is -1.27. The van der Waals surface area contributed by atoms with Crippen molar-refractivity contribution in [3.8, 4) is 0 Å². The predicted octanol–water partition coefficient (Wildman–Crippen LogP) is 1.28. The molecule has 0 spiro atoms. The van der Waals surface area contributed by atoms with E-state index in [1.165, 1.54) is 6.07 Å². The monoisotopic (exact) mass is 287 g/mol. The first kappa shape index (κ1) is 12.6. The fourth-order valence-electron chi connectivity index (χ4n) is 1.23. The average molecular weight is 287 g/mol. The maximum atomic E-state index is 11.9. The molecule has 0 aromatic carbocycles. The number of aromatic amines is 1. The van der Waals surface area contributed by atoms with Crippen LogP contribution in [0.15, 0.2) is 22.4 Å². The first-order valence-corrected chi connectivity index (χ1v) is 7.06. The Balaban J connectivity index is 2.25. The van der Waals surface area contributed by atoms with E-state index in [9.17, 15) is 13.2 Å². The molecule has 0 bridgehead atoms. The molecule has 0 amide bonds. The maximum Gasteiger partial charge on any atom is 0.353 e. The van der Waals surface area contributed by atoms with Gasteiger partial charge in [0, 0.05) is 10.9 Å². The number of carbonyl (C=O) groups is 1. The summed E-state index contributed by atoms with van der Waals surface area (Å²) >= 11 is 1.12. The predicted molar refractivity (Wildman–Crippen MR) is 65.4 cm³/mol. The van der Waals surface area contributed by atoms with Crippen LogP contribution in [0.2, 0.25) is 0 Å². The molecular weight excluding hydrogens is 278 g/mol. The molecule has 0 saturated heterocycles. The van der Waals surface area contributed by atoms with Gasteiger partial charge in [0.05, 0.1) is 0 Å². The lowest BCUT2D eigenvalue weighted by molar-refractivity contribution is 0.0690. The molecule has 0 unspecified atom stereocenters. The topological polar surface area (TPSA) is 112 Å². The highest BCUT2D eigenvalue weighted by Crippen LogP contribution is 2.22. The number of anilines is 1. The highest BCUT2D eigenvalue weighted by Gasteiger charge is 2.18. The molecule has 0 radical (unpaired) electrons. The number of nitrogens with zero attached hydrogens (tertiary/aromatic N) is 1. The minimum Gasteiger partial charge on any atom is -0.477 e. The number of carboxylic acid groups (broad SMARTS) is 1. The van der Waals surface area contributed by atoms with Crippen molar-refractivity contribution >= 4 is 33.1 Å². The van der Waals surface area contributed by atoms with Crippen molar-refractivity contribution in [2.24, 2.45) is 0 Å². The number of carboxylic acids is 1. The molecule has 0 saturated carbocycles. The van der Waals surface area contributed by atoms with Gasteiger partial charge >= 0.3 is 5.97 Å². The van der Waals surface area contributed by atoms with Gasteiger partial charge in [-0.25, -0.2) is 13.2 Å². The highest BCUT2D eigenvalue weighted by molar-refractivity contribution is 7.94. The van der Waals surface area contributed by atoms with Crippen LogP contribution in [0.5, 0.6) is 0 Å². The zero-order chi connectivity index (χ0) is 13.3. The van der Waals surface area contributed by atoms with E-state index in [0.29, 0.717) is 0 Å². The van der Waals surface area contributed by atoms with Crippen LogP contribution in [0.3, 0.4) is 0 Å². The van der Waals surface area contributed by atoms with Crippen LogP contribution in [-0.4, -0.2) is 29.7 Å². The number of H-pyrrole nitrogens is 1. The zero-order valence-electron chi connectivity index (χ0n) is 9.17. The van der Waals surface area contributed by atoms with E-state index in [1.807, 2.05) is 0 Å². The lowest BCUT2D eigenvalue weighted by Crippen LogP contribution is -2.11. The van der Waals surface area contributed by atoms with E-state index >= 15 is 0 Å². The van der Waals surface area contributed by atoms with Crippen molar-refractivity contribution in [2.45, 2.75) is 11.1 Å². The van der Waals surface area contributed by atoms with Crippen LogP contribution < -0.4 is 4.72 Å². The van der Waals surface area contributed by atoms with E-state index in [-0.39, 0.29) is 15.7 Å². The summed E-state index contributed by atoms with van der Waals surface area (Å²) < 4.78 is 26.1.